The second-order valence-electron chi connectivity index (χ2n) is 4.87. The first-order valence-electron chi connectivity index (χ1n) is 7.42. The molecule has 2 aromatic carbocycles. The number of nitrogens with one attached hydrogen (secondary N) is 1. The van der Waals surface area contributed by atoms with E-state index in [1.807, 2.05) is 42.5 Å². The Morgan fingerprint density at radius 2 is 1.96 bits per heavy atom. The van der Waals surface area contributed by atoms with Gasteiger partial charge in [0.15, 0.2) is 4.34 Å². The third-order valence-corrected chi connectivity index (χ3v) is 5.54. The molecule has 0 saturated carbocycles. The summed E-state index contributed by atoms with van der Waals surface area (Å²) in [6, 6.07) is 18.1. The van der Waals surface area contributed by atoms with Crippen molar-refractivity contribution in [2.75, 3.05) is 17.7 Å². The highest BCUT2D eigenvalue weighted by Gasteiger charge is 2.05. The zero-order valence-electron chi connectivity index (χ0n) is 12.8. The number of hydrogen-bond donors (Lipinski definition) is 1. The predicted octanol–water partition coefficient (Wildman–Crippen LogP) is 5.08. The molecule has 0 bridgehead atoms. The fourth-order valence-corrected chi connectivity index (χ4v) is 3.97. The predicted molar refractivity (Wildman–Crippen MR) is 104 cm³/mol. The Kier molecular flexibility index (Phi) is 6.51. The maximum Gasteiger partial charge on any atom is 0.206 e. The zero-order valence-corrected chi connectivity index (χ0v) is 16.0. The minimum atomic E-state index is 0.632. The van der Waals surface area contributed by atoms with Crippen molar-refractivity contribution in [3.05, 3.63) is 64.6 Å². The van der Waals surface area contributed by atoms with Crippen LogP contribution in [0.2, 0.25) is 0 Å². The van der Waals surface area contributed by atoms with Crippen molar-refractivity contribution in [3.63, 3.8) is 0 Å². The maximum absolute atomic E-state index is 5.71. The molecular formula is C17H16BrN3OS2. The van der Waals surface area contributed by atoms with Crippen molar-refractivity contribution in [2.45, 2.75) is 10.9 Å². The lowest BCUT2D eigenvalue weighted by Crippen LogP contribution is -1.99. The minimum Gasteiger partial charge on any atom is -0.493 e. The van der Waals surface area contributed by atoms with Crippen LogP contribution < -0.4 is 10.1 Å². The largest absolute Gasteiger partial charge is 0.493 e. The van der Waals surface area contributed by atoms with E-state index in [1.165, 1.54) is 5.56 Å². The summed E-state index contributed by atoms with van der Waals surface area (Å²) in [5.74, 6) is 1.70. The van der Waals surface area contributed by atoms with Crippen LogP contribution in [0.5, 0.6) is 5.75 Å². The number of rotatable bonds is 8. The highest BCUT2D eigenvalue weighted by atomic mass is 79.9. The van der Waals surface area contributed by atoms with E-state index in [0.717, 1.165) is 32.0 Å². The number of aromatic nitrogens is 2. The molecule has 3 rings (SSSR count). The van der Waals surface area contributed by atoms with Gasteiger partial charge in [0.2, 0.25) is 5.13 Å². The molecule has 1 aromatic heterocycles. The molecule has 0 aliphatic carbocycles. The monoisotopic (exact) mass is 421 g/mol. The molecule has 0 atom stereocenters. The van der Waals surface area contributed by atoms with Crippen LogP contribution in [-0.2, 0) is 6.54 Å². The van der Waals surface area contributed by atoms with Crippen LogP contribution in [-0.4, -0.2) is 22.6 Å². The minimum absolute atomic E-state index is 0.632. The highest BCUT2D eigenvalue weighted by Crippen LogP contribution is 2.26. The van der Waals surface area contributed by atoms with Gasteiger partial charge in [-0.1, -0.05) is 75.4 Å². The fourth-order valence-electron chi connectivity index (χ4n) is 1.96. The number of halogens is 1. The Morgan fingerprint density at radius 1 is 1.08 bits per heavy atom. The van der Waals surface area contributed by atoms with Gasteiger partial charge in [0.05, 0.1) is 6.61 Å². The Balaban J connectivity index is 1.39. The molecule has 4 nitrogen and oxygen atoms in total. The molecule has 0 unspecified atom stereocenters. The van der Waals surface area contributed by atoms with E-state index >= 15 is 0 Å². The van der Waals surface area contributed by atoms with Crippen molar-refractivity contribution in [2.24, 2.45) is 0 Å². The fraction of sp³-hybridized carbons (Fsp3) is 0.176. The highest BCUT2D eigenvalue weighted by molar-refractivity contribution is 9.10. The smallest absolute Gasteiger partial charge is 0.206 e. The molecule has 0 fully saturated rings. The second-order valence-corrected chi connectivity index (χ2v) is 8.10. The summed E-state index contributed by atoms with van der Waals surface area (Å²) in [5, 5.41) is 12.5. The summed E-state index contributed by atoms with van der Waals surface area (Å²) in [5.41, 5.74) is 1.23. The molecule has 124 valence electrons. The molecule has 1 N–H and O–H groups in total. The summed E-state index contributed by atoms with van der Waals surface area (Å²) in [6.07, 6.45) is 0. The number of ether oxygens (including phenoxy) is 1. The van der Waals surface area contributed by atoms with Gasteiger partial charge in [-0.15, -0.1) is 10.2 Å². The third kappa shape index (κ3) is 5.51. The van der Waals surface area contributed by atoms with E-state index in [1.54, 1.807) is 23.1 Å². The van der Waals surface area contributed by atoms with Crippen molar-refractivity contribution in [3.8, 4) is 5.75 Å². The molecule has 0 aliphatic heterocycles. The van der Waals surface area contributed by atoms with Crippen LogP contribution in [0.4, 0.5) is 5.13 Å². The first-order valence-corrected chi connectivity index (χ1v) is 10.0. The normalized spacial score (nSPS) is 10.5. The molecule has 7 heteroatoms. The van der Waals surface area contributed by atoms with Crippen LogP contribution in [0, 0.1) is 0 Å². The van der Waals surface area contributed by atoms with Crippen molar-refractivity contribution in [1.82, 2.24) is 10.2 Å². The van der Waals surface area contributed by atoms with Gasteiger partial charge in [0, 0.05) is 16.8 Å². The summed E-state index contributed by atoms with van der Waals surface area (Å²) >= 11 is 6.66. The lowest BCUT2D eigenvalue weighted by atomic mass is 10.2. The van der Waals surface area contributed by atoms with Gasteiger partial charge in [0.25, 0.3) is 0 Å². The van der Waals surface area contributed by atoms with E-state index in [-0.39, 0.29) is 0 Å². The molecule has 3 aromatic rings. The van der Waals surface area contributed by atoms with E-state index < -0.39 is 0 Å². The number of anilines is 1. The molecule has 0 amide bonds. The van der Waals surface area contributed by atoms with Gasteiger partial charge >= 0.3 is 0 Å². The van der Waals surface area contributed by atoms with Crippen LogP contribution in [0.15, 0.2) is 63.4 Å². The van der Waals surface area contributed by atoms with Gasteiger partial charge < -0.3 is 10.1 Å². The number of benzene rings is 2. The Bertz CT molecular complexity index is 767. The first-order chi connectivity index (χ1) is 11.8. The molecule has 0 radical (unpaired) electrons. The molecule has 0 spiro atoms. The maximum atomic E-state index is 5.71. The van der Waals surface area contributed by atoms with Gasteiger partial charge in [-0.05, 0) is 23.8 Å². The van der Waals surface area contributed by atoms with Crippen LogP contribution in [0.1, 0.15) is 5.56 Å². The molecule has 0 aliphatic rings. The van der Waals surface area contributed by atoms with E-state index in [0.29, 0.717) is 6.61 Å². The number of hydrogen-bond acceptors (Lipinski definition) is 6. The van der Waals surface area contributed by atoms with Crippen LogP contribution in [0.25, 0.3) is 0 Å². The average molecular weight is 422 g/mol. The standard InChI is InChI=1S/C17H16BrN3OS2/c18-14-7-4-8-15(11-14)22-9-10-23-17-21-20-16(24-17)19-12-13-5-2-1-3-6-13/h1-8,11H,9-10,12H2,(H,19,20). The first kappa shape index (κ1) is 17.3. The Labute approximate surface area is 157 Å². The lowest BCUT2D eigenvalue weighted by Gasteiger charge is -2.05. The van der Waals surface area contributed by atoms with E-state index in [9.17, 15) is 0 Å². The van der Waals surface area contributed by atoms with Gasteiger partial charge in [0.1, 0.15) is 5.75 Å². The summed E-state index contributed by atoms with van der Waals surface area (Å²) in [7, 11) is 0. The third-order valence-electron chi connectivity index (χ3n) is 3.07. The van der Waals surface area contributed by atoms with E-state index in [2.05, 4.69) is 43.6 Å². The Hall–Kier alpha value is -1.57. The SMILES string of the molecule is Brc1cccc(OCCSc2nnc(NCc3ccccc3)s2)c1. The van der Waals surface area contributed by atoms with Gasteiger partial charge in [-0.25, -0.2) is 0 Å². The molecule has 1 heterocycles. The average Bonchev–Trinajstić information content (AvgIpc) is 3.06. The van der Waals surface area contributed by atoms with Crippen molar-refractivity contribution >= 4 is 44.2 Å². The van der Waals surface area contributed by atoms with Crippen molar-refractivity contribution < 1.29 is 4.74 Å². The summed E-state index contributed by atoms with van der Waals surface area (Å²) in [4.78, 5) is 0. The van der Waals surface area contributed by atoms with Gasteiger partial charge in [-0.3, -0.25) is 0 Å². The molecule has 0 saturated heterocycles. The van der Waals surface area contributed by atoms with Crippen LogP contribution >= 0.6 is 39.0 Å². The zero-order chi connectivity index (χ0) is 16.6. The molecule has 24 heavy (non-hydrogen) atoms. The van der Waals surface area contributed by atoms with Gasteiger partial charge in [-0.2, -0.15) is 0 Å². The van der Waals surface area contributed by atoms with E-state index in [4.69, 9.17) is 4.74 Å². The lowest BCUT2D eigenvalue weighted by molar-refractivity contribution is 0.344. The van der Waals surface area contributed by atoms with Crippen LogP contribution in [0.3, 0.4) is 0 Å². The van der Waals surface area contributed by atoms with Crippen molar-refractivity contribution in [1.29, 1.82) is 0 Å². The summed E-state index contributed by atoms with van der Waals surface area (Å²) in [6.45, 7) is 1.39. The number of thioether (sulfide) groups is 1. The Morgan fingerprint density at radius 3 is 2.79 bits per heavy atom. The topological polar surface area (TPSA) is 47.0 Å². The second kappa shape index (κ2) is 9.05. The summed E-state index contributed by atoms with van der Waals surface area (Å²) < 4.78 is 7.68. The number of nitrogens with zero attached hydrogens (tertiary/aromatic N) is 2. The molecular weight excluding hydrogens is 406 g/mol. The quantitative estimate of drug-likeness (QED) is 0.405.